The van der Waals surface area contributed by atoms with Crippen molar-refractivity contribution in [2.75, 3.05) is 0 Å². The monoisotopic (exact) mass is 388 g/mol. The van der Waals surface area contributed by atoms with E-state index in [1.165, 1.54) is 25.3 Å². The van der Waals surface area contributed by atoms with Gasteiger partial charge in [-0.15, -0.1) is 5.75 Å². The molecule has 7 heteroatoms. The molecule has 0 aliphatic rings. The van der Waals surface area contributed by atoms with Gasteiger partial charge in [-0.1, -0.05) is 38.3 Å². The average molecular weight is 389 g/mol. The van der Waals surface area contributed by atoms with E-state index in [1.54, 1.807) is 6.07 Å². The Kier molecular flexibility index (Phi) is 9.65. The summed E-state index contributed by atoms with van der Waals surface area (Å²) in [4.78, 5) is -0.472. The number of ether oxygens (including phenoxy) is 1. The summed E-state index contributed by atoms with van der Waals surface area (Å²) in [6, 6.07) is 10.6. The fourth-order valence-electron chi connectivity index (χ4n) is 2.41. The zero-order valence-electron chi connectivity index (χ0n) is 14.6. The second-order valence-electron chi connectivity index (χ2n) is 5.68. The molecular weight excluding hydrogens is 367 g/mol. The summed E-state index contributed by atoms with van der Waals surface area (Å²) in [5.74, 6) is 0.0592. The SMILES string of the molecule is CCCCCCc1cccc(Oc2cc([O-])cc(S(=O)(=O)O)c2)c1.[K+]. The van der Waals surface area contributed by atoms with Crippen molar-refractivity contribution in [1.82, 2.24) is 0 Å². The maximum Gasteiger partial charge on any atom is 1.00 e. The van der Waals surface area contributed by atoms with Crippen LogP contribution in [-0.4, -0.2) is 13.0 Å². The maximum absolute atomic E-state index is 11.6. The molecule has 0 unspecified atom stereocenters. The molecule has 1 N–H and O–H groups in total. The molecule has 0 saturated heterocycles. The van der Waals surface area contributed by atoms with Gasteiger partial charge in [0.05, 0.1) is 4.90 Å². The van der Waals surface area contributed by atoms with Crippen molar-refractivity contribution in [3.05, 3.63) is 48.0 Å². The predicted molar refractivity (Wildman–Crippen MR) is 90.1 cm³/mol. The van der Waals surface area contributed by atoms with E-state index in [-0.39, 0.29) is 57.1 Å². The molecule has 0 spiro atoms. The Labute approximate surface area is 191 Å². The minimum absolute atomic E-state index is 0. The number of rotatable bonds is 8. The summed E-state index contributed by atoms with van der Waals surface area (Å²) in [5, 5.41) is 11.6. The Hall–Kier alpha value is -0.414. The van der Waals surface area contributed by atoms with E-state index in [0.717, 1.165) is 30.5 Å². The van der Waals surface area contributed by atoms with Gasteiger partial charge in [-0.3, -0.25) is 4.55 Å². The largest absolute Gasteiger partial charge is 1.00 e. The van der Waals surface area contributed by atoms with Crippen LogP contribution in [0.15, 0.2) is 47.4 Å². The van der Waals surface area contributed by atoms with Crippen LogP contribution in [0.1, 0.15) is 38.2 Å². The standard InChI is InChI=1S/C18H22O5S.K/c1-2-3-4-5-7-14-8-6-9-16(10-14)23-17-11-15(19)12-18(13-17)24(20,21)22;/h6,8-13,19H,2-5,7H2,1H3,(H,20,21,22);/q;+1/p-1. The molecule has 2 rings (SSSR count). The first-order valence-corrected chi connectivity index (χ1v) is 9.39. The van der Waals surface area contributed by atoms with Gasteiger partial charge < -0.3 is 9.84 Å². The smallest absolute Gasteiger partial charge is 0.872 e. The van der Waals surface area contributed by atoms with Crippen LogP contribution < -0.4 is 61.2 Å². The van der Waals surface area contributed by atoms with Gasteiger partial charge >= 0.3 is 51.4 Å². The molecule has 0 heterocycles. The van der Waals surface area contributed by atoms with Crippen molar-refractivity contribution in [3.63, 3.8) is 0 Å². The molecule has 0 radical (unpaired) electrons. The van der Waals surface area contributed by atoms with Crippen LogP contribution in [0.5, 0.6) is 17.2 Å². The van der Waals surface area contributed by atoms with E-state index in [4.69, 9.17) is 9.29 Å². The van der Waals surface area contributed by atoms with Gasteiger partial charge in [-0.25, -0.2) is 0 Å². The van der Waals surface area contributed by atoms with Crippen molar-refractivity contribution in [2.24, 2.45) is 0 Å². The summed E-state index contributed by atoms with van der Waals surface area (Å²) >= 11 is 0. The molecule has 0 aliphatic carbocycles. The molecule has 5 nitrogen and oxygen atoms in total. The zero-order valence-corrected chi connectivity index (χ0v) is 18.5. The fraction of sp³-hybridized carbons (Fsp3) is 0.333. The Balaban J connectivity index is 0.00000312. The Morgan fingerprint density at radius 1 is 1.04 bits per heavy atom. The Morgan fingerprint density at radius 3 is 2.48 bits per heavy atom. The van der Waals surface area contributed by atoms with E-state index >= 15 is 0 Å². The molecule has 130 valence electrons. The third kappa shape index (κ3) is 7.78. The topological polar surface area (TPSA) is 86.7 Å². The van der Waals surface area contributed by atoms with E-state index < -0.39 is 20.8 Å². The van der Waals surface area contributed by atoms with E-state index in [1.807, 2.05) is 18.2 Å². The summed E-state index contributed by atoms with van der Waals surface area (Å²) in [6.45, 7) is 2.17. The molecule has 25 heavy (non-hydrogen) atoms. The Morgan fingerprint density at radius 2 is 1.80 bits per heavy atom. The molecule has 0 aromatic heterocycles. The first-order chi connectivity index (χ1) is 11.4. The third-order valence-electron chi connectivity index (χ3n) is 3.60. The van der Waals surface area contributed by atoms with E-state index in [0.29, 0.717) is 5.75 Å². The molecule has 0 fully saturated rings. The van der Waals surface area contributed by atoms with Gasteiger partial charge in [0.2, 0.25) is 0 Å². The minimum atomic E-state index is -4.45. The van der Waals surface area contributed by atoms with Crippen molar-refractivity contribution < 1.29 is 74.2 Å². The van der Waals surface area contributed by atoms with Crippen LogP contribution in [-0.2, 0) is 16.5 Å². The van der Waals surface area contributed by atoms with Crippen LogP contribution in [0, 0.1) is 0 Å². The van der Waals surface area contributed by atoms with Gasteiger partial charge in [0.15, 0.2) is 0 Å². The third-order valence-corrected chi connectivity index (χ3v) is 4.44. The van der Waals surface area contributed by atoms with Crippen LogP contribution in [0.3, 0.4) is 0 Å². The predicted octanol–water partition coefficient (Wildman–Crippen LogP) is 0.926. The first kappa shape index (κ1) is 22.6. The first-order valence-electron chi connectivity index (χ1n) is 7.95. The second kappa shape index (κ2) is 10.7. The molecular formula is C18H21KO5S. The van der Waals surface area contributed by atoms with Crippen LogP contribution in [0.4, 0.5) is 0 Å². The molecule has 2 aromatic rings. The molecule has 0 atom stereocenters. The van der Waals surface area contributed by atoms with Crippen LogP contribution in [0.2, 0.25) is 0 Å². The molecule has 0 aliphatic heterocycles. The van der Waals surface area contributed by atoms with Gasteiger partial charge in [-0.05, 0) is 42.7 Å². The Bertz CT molecular complexity index is 790. The van der Waals surface area contributed by atoms with Crippen LogP contribution >= 0.6 is 0 Å². The maximum atomic E-state index is 11.6. The van der Waals surface area contributed by atoms with E-state index in [9.17, 15) is 13.5 Å². The average Bonchev–Trinajstić information content (AvgIpc) is 2.50. The minimum Gasteiger partial charge on any atom is -0.872 e. The van der Waals surface area contributed by atoms with E-state index in [2.05, 4.69) is 6.92 Å². The van der Waals surface area contributed by atoms with Gasteiger partial charge in [0, 0.05) is 6.07 Å². The quantitative estimate of drug-likeness (QED) is 0.413. The number of benzene rings is 2. The molecule has 0 saturated carbocycles. The fourth-order valence-corrected chi connectivity index (χ4v) is 2.94. The van der Waals surface area contributed by atoms with Crippen molar-refractivity contribution in [1.29, 1.82) is 0 Å². The number of unbranched alkanes of at least 4 members (excludes halogenated alkanes) is 3. The summed E-state index contributed by atoms with van der Waals surface area (Å²) in [5.41, 5.74) is 1.12. The van der Waals surface area contributed by atoms with Crippen molar-refractivity contribution in [3.8, 4) is 17.2 Å². The molecule has 2 aromatic carbocycles. The van der Waals surface area contributed by atoms with Crippen molar-refractivity contribution in [2.45, 2.75) is 43.9 Å². The molecule has 0 bridgehead atoms. The summed E-state index contributed by atoms with van der Waals surface area (Å²) < 4.78 is 37.0. The van der Waals surface area contributed by atoms with Crippen molar-refractivity contribution >= 4 is 10.1 Å². The summed E-state index contributed by atoms with van der Waals surface area (Å²) in [7, 11) is -4.45. The van der Waals surface area contributed by atoms with Gasteiger partial charge in [0.1, 0.15) is 11.5 Å². The summed E-state index contributed by atoms with van der Waals surface area (Å²) in [6.07, 6.45) is 5.61. The molecule has 0 amide bonds. The van der Waals surface area contributed by atoms with Gasteiger partial charge in [0.25, 0.3) is 10.1 Å². The van der Waals surface area contributed by atoms with Crippen LogP contribution in [0.25, 0.3) is 0 Å². The number of hydrogen-bond acceptors (Lipinski definition) is 4. The van der Waals surface area contributed by atoms with Gasteiger partial charge in [-0.2, -0.15) is 8.42 Å². The normalized spacial score (nSPS) is 11.0. The second-order valence-corrected chi connectivity index (χ2v) is 7.10. The number of hydrogen-bond donors (Lipinski definition) is 1. The zero-order chi connectivity index (χ0) is 17.6. The number of aryl methyl sites for hydroxylation is 1.